The third-order valence-corrected chi connectivity index (χ3v) is 3.65. The summed E-state index contributed by atoms with van der Waals surface area (Å²) in [6.45, 7) is 1.24. The van der Waals surface area contributed by atoms with E-state index in [0.717, 1.165) is 0 Å². The number of hydrogen-bond donors (Lipinski definition) is 1. The van der Waals surface area contributed by atoms with Gasteiger partial charge in [0.15, 0.2) is 12.4 Å². The highest BCUT2D eigenvalue weighted by Gasteiger charge is 2.13. The van der Waals surface area contributed by atoms with E-state index in [1.165, 1.54) is 27.2 Å². The van der Waals surface area contributed by atoms with Gasteiger partial charge < -0.3 is 19.5 Å². The van der Waals surface area contributed by atoms with Crippen LogP contribution in [0.25, 0.3) is 0 Å². The van der Waals surface area contributed by atoms with Crippen molar-refractivity contribution in [2.75, 3.05) is 26.1 Å². The Morgan fingerprint density at radius 1 is 1.08 bits per heavy atom. The molecule has 0 fully saturated rings. The van der Waals surface area contributed by atoms with E-state index >= 15 is 0 Å². The standard InChI is InChI=1S/C18H18ClNO5/c1-11(21)12-5-4-6-13(7-12)25-10-18(22)20-15-8-14(19)16(23-2)9-17(15)24-3/h4-9H,10H2,1-3H3,(H,20,22). The maximum atomic E-state index is 12.1. The van der Waals surface area contributed by atoms with Crippen LogP contribution in [0.4, 0.5) is 5.69 Å². The third-order valence-electron chi connectivity index (χ3n) is 3.36. The third kappa shape index (κ3) is 4.87. The molecule has 2 rings (SSSR count). The van der Waals surface area contributed by atoms with E-state index in [2.05, 4.69) is 5.32 Å². The van der Waals surface area contributed by atoms with Crippen LogP contribution in [0.15, 0.2) is 36.4 Å². The second-order valence-electron chi connectivity index (χ2n) is 5.11. The summed E-state index contributed by atoms with van der Waals surface area (Å²) < 4.78 is 15.7. The van der Waals surface area contributed by atoms with Crippen molar-refractivity contribution in [3.63, 3.8) is 0 Å². The van der Waals surface area contributed by atoms with Crippen LogP contribution in [0.3, 0.4) is 0 Å². The second kappa shape index (κ2) is 8.39. The number of carbonyl (C=O) groups excluding carboxylic acids is 2. The number of Topliss-reactive ketones (excluding diaryl/α,β-unsaturated/α-hetero) is 1. The summed E-state index contributed by atoms with van der Waals surface area (Å²) in [5, 5.41) is 3.01. The highest BCUT2D eigenvalue weighted by atomic mass is 35.5. The minimum Gasteiger partial charge on any atom is -0.495 e. The maximum absolute atomic E-state index is 12.1. The Balaban J connectivity index is 2.04. The molecule has 1 N–H and O–H groups in total. The molecule has 1 amide bonds. The first kappa shape index (κ1) is 18.6. The topological polar surface area (TPSA) is 73.9 Å². The molecule has 0 aliphatic carbocycles. The molecule has 0 heterocycles. The Bertz CT molecular complexity index is 791. The van der Waals surface area contributed by atoms with Gasteiger partial charge in [-0.15, -0.1) is 0 Å². The summed E-state index contributed by atoms with van der Waals surface area (Å²) in [6, 6.07) is 9.74. The van der Waals surface area contributed by atoms with Crippen molar-refractivity contribution in [1.29, 1.82) is 0 Å². The zero-order chi connectivity index (χ0) is 18.4. The van der Waals surface area contributed by atoms with Crippen molar-refractivity contribution < 1.29 is 23.8 Å². The van der Waals surface area contributed by atoms with Crippen LogP contribution in [0.5, 0.6) is 17.2 Å². The number of ether oxygens (including phenoxy) is 3. The monoisotopic (exact) mass is 363 g/mol. The Hall–Kier alpha value is -2.73. The van der Waals surface area contributed by atoms with Crippen LogP contribution in [0.1, 0.15) is 17.3 Å². The van der Waals surface area contributed by atoms with Gasteiger partial charge in [0.2, 0.25) is 0 Å². The summed E-state index contributed by atoms with van der Waals surface area (Å²) in [5.41, 5.74) is 0.918. The van der Waals surface area contributed by atoms with E-state index in [4.69, 9.17) is 25.8 Å². The zero-order valence-corrected chi connectivity index (χ0v) is 14.8. The molecular weight excluding hydrogens is 346 g/mol. The molecule has 0 aromatic heterocycles. The van der Waals surface area contributed by atoms with Crippen LogP contribution >= 0.6 is 11.6 Å². The second-order valence-corrected chi connectivity index (χ2v) is 5.52. The van der Waals surface area contributed by atoms with Gasteiger partial charge in [-0.05, 0) is 25.1 Å². The highest BCUT2D eigenvalue weighted by molar-refractivity contribution is 6.32. The lowest BCUT2D eigenvalue weighted by Crippen LogP contribution is -2.20. The van der Waals surface area contributed by atoms with Gasteiger partial charge in [-0.3, -0.25) is 9.59 Å². The summed E-state index contributed by atoms with van der Waals surface area (Å²) in [5.74, 6) is 0.810. The molecule has 0 atom stereocenters. The SMILES string of the molecule is COc1cc(OC)c(NC(=O)COc2cccc(C(C)=O)c2)cc1Cl. The number of methoxy groups -OCH3 is 2. The first-order valence-corrected chi connectivity index (χ1v) is 7.77. The molecule has 0 aliphatic rings. The van der Waals surface area contributed by atoms with Gasteiger partial charge in [-0.25, -0.2) is 0 Å². The molecule has 0 aliphatic heterocycles. The van der Waals surface area contributed by atoms with Gasteiger partial charge in [0.05, 0.1) is 24.9 Å². The molecule has 0 bridgehead atoms. The van der Waals surface area contributed by atoms with Gasteiger partial charge in [-0.1, -0.05) is 23.7 Å². The van der Waals surface area contributed by atoms with Crippen LogP contribution in [0.2, 0.25) is 5.02 Å². The molecule has 7 heteroatoms. The van der Waals surface area contributed by atoms with Crippen LogP contribution in [-0.2, 0) is 4.79 Å². The predicted molar refractivity (Wildman–Crippen MR) is 95.1 cm³/mol. The lowest BCUT2D eigenvalue weighted by Gasteiger charge is -2.13. The summed E-state index contributed by atoms with van der Waals surface area (Å²) >= 11 is 6.07. The van der Waals surface area contributed by atoms with Crippen molar-refractivity contribution in [3.05, 3.63) is 47.0 Å². The van der Waals surface area contributed by atoms with Crippen LogP contribution < -0.4 is 19.5 Å². The Labute approximate surface area is 150 Å². The maximum Gasteiger partial charge on any atom is 0.262 e. The summed E-state index contributed by atoms with van der Waals surface area (Å²) in [6.07, 6.45) is 0. The average molecular weight is 364 g/mol. The highest BCUT2D eigenvalue weighted by Crippen LogP contribution is 2.35. The van der Waals surface area contributed by atoms with E-state index in [-0.39, 0.29) is 12.4 Å². The zero-order valence-electron chi connectivity index (χ0n) is 14.1. The van der Waals surface area contributed by atoms with Gasteiger partial charge in [0, 0.05) is 11.6 Å². The normalized spacial score (nSPS) is 10.1. The number of nitrogens with one attached hydrogen (secondary N) is 1. The number of hydrogen-bond acceptors (Lipinski definition) is 5. The number of anilines is 1. The number of halogens is 1. The lowest BCUT2D eigenvalue weighted by atomic mass is 10.1. The fourth-order valence-electron chi connectivity index (χ4n) is 2.10. The quantitative estimate of drug-likeness (QED) is 0.761. The van der Waals surface area contributed by atoms with Crippen LogP contribution in [-0.4, -0.2) is 32.5 Å². The number of amides is 1. The first-order valence-electron chi connectivity index (χ1n) is 7.39. The number of rotatable bonds is 7. The Kier molecular flexibility index (Phi) is 6.25. The number of ketones is 1. The van der Waals surface area contributed by atoms with Gasteiger partial charge in [0.1, 0.15) is 17.2 Å². The first-order chi connectivity index (χ1) is 11.9. The molecule has 2 aromatic carbocycles. The van der Waals surface area contributed by atoms with E-state index in [1.54, 1.807) is 30.3 Å². The van der Waals surface area contributed by atoms with Gasteiger partial charge in [0.25, 0.3) is 5.91 Å². The van der Waals surface area contributed by atoms with Crippen molar-refractivity contribution in [2.45, 2.75) is 6.92 Å². The smallest absolute Gasteiger partial charge is 0.262 e. The number of benzene rings is 2. The van der Waals surface area contributed by atoms with Crippen molar-refractivity contribution >= 4 is 29.0 Å². The number of carbonyl (C=O) groups is 2. The molecule has 0 radical (unpaired) electrons. The van der Waals surface area contributed by atoms with Crippen molar-refractivity contribution in [3.8, 4) is 17.2 Å². The van der Waals surface area contributed by atoms with Crippen LogP contribution in [0, 0.1) is 0 Å². The van der Waals surface area contributed by atoms with E-state index < -0.39 is 5.91 Å². The summed E-state index contributed by atoms with van der Waals surface area (Å²) in [7, 11) is 2.96. The van der Waals surface area contributed by atoms with Gasteiger partial charge in [-0.2, -0.15) is 0 Å². The minimum atomic E-state index is -0.396. The molecule has 6 nitrogen and oxygen atoms in total. The van der Waals surface area contributed by atoms with E-state index in [0.29, 0.717) is 33.5 Å². The Morgan fingerprint density at radius 2 is 1.80 bits per heavy atom. The van der Waals surface area contributed by atoms with E-state index in [9.17, 15) is 9.59 Å². The molecular formula is C18H18ClNO5. The summed E-state index contributed by atoms with van der Waals surface area (Å²) in [4.78, 5) is 23.5. The predicted octanol–water partition coefficient (Wildman–Crippen LogP) is 3.58. The molecule has 25 heavy (non-hydrogen) atoms. The van der Waals surface area contributed by atoms with Gasteiger partial charge >= 0.3 is 0 Å². The fraction of sp³-hybridized carbons (Fsp3) is 0.222. The molecule has 0 spiro atoms. The average Bonchev–Trinajstić information content (AvgIpc) is 2.60. The molecule has 0 saturated carbocycles. The lowest BCUT2D eigenvalue weighted by molar-refractivity contribution is -0.118. The van der Waals surface area contributed by atoms with Crippen molar-refractivity contribution in [1.82, 2.24) is 0 Å². The minimum absolute atomic E-state index is 0.0764. The van der Waals surface area contributed by atoms with Crippen molar-refractivity contribution in [2.24, 2.45) is 0 Å². The fourth-order valence-corrected chi connectivity index (χ4v) is 2.34. The Morgan fingerprint density at radius 3 is 2.44 bits per heavy atom. The molecule has 132 valence electrons. The largest absolute Gasteiger partial charge is 0.495 e. The molecule has 2 aromatic rings. The molecule has 0 unspecified atom stereocenters. The van der Waals surface area contributed by atoms with E-state index in [1.807, 2.05) is 0 Å². The molecule has 0 saturated heterocycles.